The van der Waals surface area contributed by atoms with E-state index in [0.717, 1.165) is 36.5 Å². The first kappa shape index (κ1) is 17.5. The van der Waals surface area contributed by atoms with Gasteiger partial charge in [-0.3, -0.25) is 9.59 Å². The summed E-state index contributed by atoms with van der Waals surface area (Å²) in [6.07, 6.45) is 7.54. The summed E-state index contributed by atoms with van der Waals surface area (Å²) in [5, 5.41) is 0.878. The number of alkyl halides is 1. The molecular formula is C22H23BrO4. The van der Waals surface area contributed by atoms with Crippen LogP contribution in [0.1, 0.15) is 55.5 Å². The number of ketones is 1. The number of Topliss-reactive ketones (excluding diaryl/α,β-unsaturated/α-hetero) is 1. The third-order valence-electron chi connectivity index (χ3n) is 6.69. The number of benzene rings is 1. The second kappa shape index (κ2) is 6.20. The van der Waals surface area contributed by atoms with E-state index in [1.54, 1.807) is 6.07 Å². The van der Waals surface area contributed by atoms with Crippen molar-refractivity contribution in [3.05, 3.63) is 36.1 Å². The van der Waals surface area contributed by atoms with Crippen LogP contribution < -0.4 is 0 Å². The molecule has 142 valence electrons. The van der Waals surface area contributed by atoms with Gasteiger partial charge in [-0.25, -0.2) is 0 Å². The molecule has 0 spiro atoms. The maximum Gasteiger partial charge on any atom is 0.306 e. The first-order chi connectivity index (χ1) is 12.9. The maximum absolute atomic E-state index is 12.5. The number of carbonyl (C=O) groups excluding carboxylic acids is 2. The molecule has 1 aromatic carbocycles. The molecule has 4 bridgehead atoms. The third kappa shape index (κ3) is 3.24. The Morgan fingerprint density at radius 2 is 1.89 bits per heavy atom. The second-order valence-electron chi connectivity index (χ2n) is 9.02. The van der Waals surface area contributed by atoms with Gasteiger partial charge < -0.3 is 9.15 Å². The van der Waals surface area contributed by atoms with Crippen LogP contribution in [0.5, 0.6) is 0 Å². The number of esters is 1. The van der Waals surface area contributed by atoms with E-state index in [-0.39, 0.29) is 33.9 Å². The number of halogens is 1. The van der Waals surface area contributed by atoms with Crippen LogP contribution in [0.2, 0.25) is 0 Å². The summed E-state index contributed by atoms with van der Waals surface area (Å²) in [6.45, 7) is -0.249. The molecule has 0 N–H and O–H groups in total. The fourth-order valence-electron chi connectivity index (χ4n) is 6.24. The average Bonchev–Trinajstić information content (AvgIpc) is 3.01. The van der Waals surface area contributed by atoms with Gasteiger partial charge in [-0.2, -0.15) is 0 Å². The van der Waals surface area contributed by atoms with Crippen LogP contribution >= 0.6 is 15.9 Å². The minimum Gasteiger partial charge on any atom is -0.457 e. The van der Waals surface area contributed by atoms with Crippen LogP contribution in [0.15, 0.2) is 34.7 Å². The van der Waals surface area contributed by atoms with Gasteiger partial charge in [-0.05, 0) is 67.9 Å². The fourth-order valence-corrected chi connectivity index (χ4v) is 7.75. The molecule has 5 heteroatoms. The highest BCUT2D eigenvalue weighted by Gasteiger charge is 2.57. The number of fused-ring (bicyclic) bond motifs is 1. The van der Waals surface area contributed by atoms with Gasteiger partial charge in [0.25, 0.3) is 0 Å². The van der Waals surface area contributed by atoms with Crippen LogP contribution in [0, 0.1) is 17.3 Å². The molecule has 4 saturated carbocycles. The molecule has 4 fully saturated rings. The minimum absolute atomic E-state index is 0.0626. The van der Waals surface area contributed by atoms with E-state index in [2.05, 4.69) is 15.9 Å². The van der Waals surface area contributed by atoms with Crippen molar-refractivity contribution in [1.29, 1.82) is 0 Å². The zero-order valence-corrected chi connectivity index (χ0v) is 16.8. The van der Waals surface area contributed by atoms with E-state index in [9.17, 15) is 9.59 Å². The summed E-state index contributed by atoms with van der Waals surface area (Å²) < 4.78 is 11.1. The van der Waals surface area contributed by atoms with Crippen LogP contribution in [0.25, 0.3) is 11.0 Å². The van der Waals surface area contributed by atoms with Crippen LogP contribution in [-0.2, 0) is 9.53 Å². The van der Waals surface area contributed by atoms with E-state index >= 15 is 0 Å². The Kier molecular flexibility index (Phi) is 4.01. The summed E-state index contributed by atoms with van der Waals surface area (Å²) in [6, 6.07) is 9.18. The molecule has 0 radical (unpaired) electrons. The van der Waals surface area contributed by atoms with Crippen molar-refractivity contribution < 1.29 is 18.7 Å². The SMILES string of the molecule is O=C(CC12C[C@H]3C[C@@H](CC(Br)(C3)C1)C2)OCC(=O)c1cc2ccccc2o1. The molecule has 2 aromatic rings. The zero-order valence-electron chi connectivity index (χ0n) is 15.2. The van der Waals surface area contributed by atoms with Crippen molar-refractivity contribution in [1.82, 2.24) is 0 Å². The Balaban J connectivity index is 1.22. The zero-order chi connectivity index (χ0) is 18.6. The Morgan fingerprint density at radius 1 is 1.15 bits per heavy atom. The standard InChI is InChI=1S/C22H23BrO4/c23-22-9-14-5-15(10-22)8-21(7-14,13-22)11-20(25)26-12-17(24)19-6-16-3-1-2-4-18(16)27-19/h1-4,6,14-15H,5,7-13H2/t14-,15-,21?,22?/m1/s1. The highest BCUT2D eigenvalue weighted by molar-refractivity contribution is 9.10. The predicted octanol–water partition coefficient (Wildman–Crippen LogP) is 5.28. The van der Waals surface area contributed by atoms with Crippen molar-refractivity contribution in [2.24, 2.45) is 17.3 Å². The van der Waals surface area contributed by atoms with Gasteiger partial charge in [0.1, 0.15) is 5.58 Å². The van der Waals surface area contributed by atoms with Crippen LogP contribution in [0.4, 0.5) is 0 Å². The van der Waals surface area contributed by atoms with Gasteiger partial charge in [0.2, 0.25) is 5.78 Å². The Hall–Kier alpha value is -1.62. The molecule has 4 aliphatic carbocycles. The monoisotopic (exact) mass is 430 g/mol. The normalized spacial score (nSPS) is 34.1. The molecule has 0 amide bonds. The van der Waals surface area contributed by atoms with Gasteiger partial charge in [0.15, 0.2) is 12.4 Å². The van der Waals surface area contributed by atoms with Gasteiger partial charge in [0, 0.05) is 9.71 Å². The number of rotatable bonds is 5. The number of ether oxygens (including phenoxy) is 1. The molecule has 0 unspecified atom stereocenters. The topological polar surface area (TPSA) is 56.5 Å². The van der Waals surface area contributed by atoms with Gasteiger partial charge >= 0.3 is 5.97 Å². The van der Waals surface area contributed by atoms with Crippen molar-refractivity contribution in [3.8, 4) is 0 Å². The number of hydrogen-bond acceptors (Lipinski definition) is 4. The summed E-state index contributed by atoms with van der Waals surface area (Å²) in [7, 11) is 0. The van der Waals surface area contributed by atoms with E-state index in [4.69, 9.17) is 9.15 Å². The summed E-state index contributed by atoms with van der Waals surface area (Å²) in [4.78, 5) is 24.9. The lowest BCUT2D eigenvalue weighted by Crippen LogP contribution is -2.53. The fraction of sp³-hybridized carbons (Fsp3) is 0.545. The molecular weight excluding hydrogens is 408 g/mol. The number of para-hydroxylation sites is 1. The molecule has 0 aliphatic heterocycles. The maximum atomic E-state index is 12.5. The molecule has 0 saturated heterocycles. The average molecular weight is 431 g/mol. The van der Waals surface area contributed by atoms with Gasteiger partial charge in [-0.1, -0.05) is 34.1 Å². The van der Waals surface area contributed by atoms with Crippen molar-refractivity contribution in [2.75, 3.05) is 6.61 Å². The lowest BCUT2D eigenvalue weighted by atomic mass is 9.49. The first-order valence-corrected chi connectivity index (χ1v) is 10.6. The number of hydrogen-bond donors (Lipinski definition) is 0. The third-order valence-corrected chi connectivity index (χ3v) is 7.62. The Morgan fingerprint density at radius 3 is 2.59 bits per heavy atom. The molecule has 2 atom stereocenters. The number of carbonyl (C=O) groups is 2. The molecule has 6 rings (SSSR count). The summed E-state index contributed by atoms with van der Waals surface area (Å²) >= 11 is 3.97. The molecule has 1 heterocycles. The highest BCUT2D eigenvalue weighted by Crippen LogP contribution is 2.65. The molecule has 1 aromatic heterocycles. The Bertz CT molecular complexity index is 867. The lowest BCUT2D eigenvalue weighted by molar-refractivity contribution is -0.149. The lowest BCUT2D eigenvalue weighted by Gasteiger charge is -2.60. The predicted molar refractivity (Wildman–Crippen MR) is 105 cm³/mol. The highest BCUT2D eigenvalue weighted by atomic mass is 79.9. The smallest absolute Gasteiger partial charge is 0.306 e. The minimum atomic E-state index is -0.290. The van der Waals surface area contributed by atoms with Gasteiger partial charge in [0.05, 0.1) is 6.42 Å². The van der Waals surface area contributed by atoms with E-state index < -0.39 is 0 Å². The van der Waals surface area contributed by atoms with Crippen molar-refractivity contribution in [3.63, 3.8) is 0 Å². The quantitative estimate of drug-likeness (QED) is 0.367. The Labute approximate surface area is 166 Å². The molecule has 27 heavy (non-hydrogen) atoms. The summed E-state index contributed by atoms with van der Waals surface area (Å²) in [5.74, 6) is 1.17. The van der Waals surface area contributed by atoms with Crippen molar-refractivity contribution in [2.45, 2.75) is 49.3 Å². The molecule has 4 aliphatic rings. The van der Waals surface area contributed by atoms with Crippen molar-refractivity contribution >= 4 is 38.7 Å². The number of furan rings is 1. The first-order valence-electron chi connectivity index (χ1n) is 9.78. The largest absolute Gasteiger partial charge is 0.457 e. The summed E-state index contributed by atoms with van der Waals surface area (Å²) in [5.41, 5.74) is 0.732. The van der Waals surface area contributed by atoms with E-state index in [0.29, 0.717) is 12.0 Å². The van der Waals surface area contributed by atoms with E-state index in [1.807, 2.05) is 24.3 Å². The van der Waals surface area contributed by atoms with Crippen LogP contribution in [0.3, 0.4) is 0 Å². The molecule has 4 nitrogen and oxygen atoms in total. The van der Waals surface area contributed by atoms with Crippen LogP contribution in [-0.4, -0.2) is 22.7 Å². The second-order valence-corrected chi connectivity index (χ2v) is 10.7. The van der Waals surface area contributed by atoms with Gasteiger partial charge in [-0.15, -0.1) is 0 Å². The van der Waals surface area contributed by atoms with E-state index in [1.165, 1.54) is 19.3 Å².